The molecule has 0 aromatic carbocycles. The second kappa shape index (κ2) is 8.06. The topological polar surface area (TPSA) is 47.3 Å². The van der Waals surface area contributed by atoms with Gasteiger partial charge in [-0.15, -0.1) is 0 Å². The van der Waals surface area contributed by atoms with Crippen molar-refractivity contribution in [2.24, 2.45) is 17.7 Å². The van der Waals surface area contributed by atoms with Gasteiger partial charge in [-0.05, 0) is 44.4 Å². The average molecular weight is 242 g/mol. The number of hydrogen-bond acceptors (Lipinski definition) is 3. The van der Waals surface area contributed by atoms with E-state index in [4.69, 9.17) is 10.6 Å². The zero-order chi connectivity index (χ0) is 12.7. The van der Waals surface area contributed by atoms with Gasteiger partial charge in [-0.1, -0.05) is 26.2 Å². The zero-order valence-electron chi connectivity index (χ0n) is 11.7. The molecule has 1 saturated carbocycles. The fraction of sp³-hybridized carbons (Fsp3) is 1.00. The summed E-state index contributed by atoms with van der Waals surface area (Å²) < 4.78 is 5.31. The molecule has 3 nitrogen and oxygen atoms in total. The fourth-order valence-electron chi connectivity index (χ4n) is 3.06. The Bertz CT molecular complexity index is 199. The number of rotatable bonds is 7. The van der Waals surface area contributed by atoms with Crippen molar-refractivity contribution in [1.29, 1.82) is 0 Å². The van der Waals surface area contributed by atoms with Gasteiger partial charge in [0.05, 0.1) is 6.10 Å². The second-order valence-corrected chi connectivity index (χ2v) is 5.60. The molecular weight excluding hydrogens is 212 g/mol. The highest BCUT2D eigenvalue weighted by atomic mass is 16.5. The summed E-state index contributed by atoms with van der Waals surface area (Å²) in [6, 6.07) is 0.474. The van der Waals surface area contributed by atoms with Crippen LogP contribution in [-0.4, -0.2) is 19.3 Å². The lowest BCUT2D eigenvalue weighted by Gasteiger charge is -2.34. The van der Waals surface area contributed by atoms with E-state index in [2.05, 4.69) is 19.3 Å². The standard InChI is InChI=1S/C14H30N2O/c1-4-12-6-5-7-13(10-12)14(16-15)9-8-11(2)17-3/h11-14,16H,4-10,15H2,1-3H3. The van der Waals surface area contributed by atoms with Gasteiger partial charge in [-0.25, -0.2) is 0 Å². The Morgan fingerprint density at radius 1 is 1.35 bits per heavy atom. The Morgan fingerprint density at radius 3 is 2.71 bits per heavy atom. The molecule has 4 atom stereocenters. The van der Waals surface area contributed by atoms with Crippen LogP contribution in [0.1, 0.15) is 58.8 Å². The van der Waals surface area contributed by atoms with Crippen LogP contribution >= 0.6 is 0 Å². The van der Waals surface area contributed by atoms with Crippen molar-refractivity contribution in [1.82, 2.24) is 5.43 Å². The van der Waals surface area contributed by atoms with Crippen molar-refractivity contribution >= 4 is 0 Å². The van der Waals surface area contributed by atoms with Crippen LogP contribution in [0.4, 0.5) is 0 Å². The van der Waals surface area contributed by atoms with Crippen molar-refractivity contribution in [2.75, 3.05) is 7.11 Å². The van der Waals surface area contributed by atoms with E-state index < -0.39 is 0 Å². The van der Waals surface area contributed by atoms with E-state index in [1.807, 2.05) is 0 Å². The third-order valence-corrected chi connectivity index (χ3v) is 4.47. The average Bonchev–Trinajstić information content (AvgIpc) is 2.39. The molecule has 0 heterocycles. The lowest BCUT2D eigenvalue weighted by Crippen LogP contribution is -2.43. The van der Waals surface area contributed by atoms with Crippen LogP contribution in [0, 0.1) is 11.8 Å². The third-order valence-electron chi connectivity index (χ3n) is 4.47. The number of methoxy groups -OCH3 is 1. The Morgan fingerprint density at radius 2 is 2.12 bits per heavy atom. The number of hydrogen-bond donors (Lipinski definition) is 2. The molecule has 4 unspecified atom stereocenters. The Balaban J connectivity index is 2.37. The summed E-state index contributed by atoms with van der Waals surface area (Å²) in [5, 5.41) is 0. The summed E-state index contributed by atoms with van der Waals surface area (Å²) in [6.07, 6.45) is 9.38. The second-order valence-electron chi connectivity index (χ2n) is 5.60. The van der Waals surface area contributed by atoms with Gasteiger partial charge in [0, 0.05) is 13.2 Å². The lowest BCUT2D eigenvalue weighted by atomic mass is 9.76. The fourth-order valence-corrected chi connectivity index (χ4v) is 3.06. The molecule has 1 rings (SSSR count). The maximum atomic E-state index is 5.73. The third kappa shape index (κ3) is 4.94. The predicted octanol–water partition coefficient (Wildman–Crippen LogP) is 2.85. The molecule has 0 aromatic rings. The van der Waals surface area contributed by atoms with Gasteiger partial charge in [-0.3, -0.25) is 11.3 Å². The molecule has 0 spiro atoms. The van der Waals surface area contributed by atoms with Gasteiger partial charge >= 0.3 is 0 Å². The Labute approximate surface area is 106 Å². The van der Waals surface area contributed by atoms with E-state index in [9.17, 15) is 0 Å². The first-order chi connectivity index (χ1) is 8.21. The van der Waals surface area contributed by atoms with Gasteiger partial charge in [0.15, 0.2) is 0 Å². The minimum atomic E-state index is 0.344. The smallest absolute Gasteiger partial charge is 0.0543 e. The maximum Gasteiger partial charge on any atom is 0.0543 e. The molecule has 1 aliphatic carbocycles. The summed E-state index contributed by atoms with van der Waals surface area (Å²) in [5.41, 5.74) is 3.04. The van der Waals surface area contributed by atoms with Gasteiger partial charge in [0.25, 0.3) is 0 Å². The summed E-state index contributed by atoms with van der Waals surface area (Å²) in [7, 11) is 1.78. The highest BCUT2D eigenvalue weighted by Gasteiger charge is 2.27. The Kier molecular flexibility index (Phi) is 7.09. The predicted molar refractivity (Wildman–Crippen MR) is 72.6 cm³/mol. The normalized spacial score (nSPS) is 28.9. The van der Waals surface area contributed by atoms with Crippen molar-refractivity contribution in [3.63, 3.8) is 0 Å². The van der Waals surface area contributed by atoms with Crippen LogP contribution in [0.2, 0.25) is 0 Å². The van der Waals surface area contributed by atoms with Crippen molar-refractivity contribution in [3.8, 4) is 0 Å². The molecule has 1 fully saturated rings. The monoisotopic (exact) mass is 242 g/mol. The lowest BCUT2D eigenvalue weighted by molar-refractivity contribution is 0.0992. The van der Waals surface area contributed by atoms with Gasteiger partial charge in [0.1, 0.15) is 0 Å². The summed E-state index contributed by atoms with van der Waals surface area (Å²) in [5.74, 6) is 7.41. The molecule has 0 saturated heterocycles. The number of nitrogens with one attached hydrogen (secondary N) is 1. The molecular formula is C14H30N2O. The van der Waals surface area contributed by atoms with E-state index in [-0.39, 0.29) is 0 Å². The molecule has 102 valence electrons. The number of nitrogens with two attached hydrogens (primary N) is 1. The highest BCUT2D eigenvalue weighted by Crippen LogP contribution is 2.34. The molecule has 1 aliphatic rings. The molecule has 0 amide bonds. The molecule has 0 aromatic heterocycles. The first-order valence-electron chi connectivity index (χ1n) is 7.20. The van der Waals surface area contributed by atoms with Crippen molar-refractivity contribution in [3.05, 3.63) is 0 Å². The van der Waals surface area contributed by atoms with Gasteiger partial charge < -0.3 is 4.74 Å². The van der Waals surface area contributed by atoms with Crippen LogP contribution in [0.3, 0.4) is 0 Å². The quantitative estimate of drug-likeness (QED) is 0.533. The Hall–Kier alpha value is -0.120. The van der Waals surface area contributed by atoms with E-state index in [1.165, 1.54) is 32.1 Å². The van der Waals surface area contributed by atoms with Crippen LogP contribution < -0.4 is 11.3 Å². The number of hydrazine groups is 1. The van der Waals surface area contributed by atoms with E-state index in [0.717, 1.165) is 24.7 Å². The molecule has 0 aliphatic heterocycles. The highest BCUT2D eigenvalue weighted by molar-refractivity contribution is 4.81. The van der Waals surface area contributed by atoms with E-state index in [1.54, 1.807) is 7.11 Å². The minimum Gasteiger partial charge on any atom is -0.382 e. The number of ether oxygens (including phenoxy) is 1. The molecule has 0 bridgehead atoms. The van der Waals surface area contributed by atoms with Crippen LogP contribution in [-0.2, 0) is 4.74 Å². The first-order valence-corrected chi connectivity index (χ1v) is 7.20. The molecule has 17 heavy (non-hydrogen) atoms. The van der Waals surface area contributed by atoms with Crippen LogP contribution in [0.5, 0.6) is 0 Å². The van der Waals surface area contributed by atoms with Crippen molar-refractivity contribution in [2.45, 2.75) is 70.9 Å². The van der Waals surface area contributed by atoms with Crippen LogP contribution in [0.15, 0.2) is 0 Å². The SMILES string of the molecule is CCC1CCCC(C(CCC(C)OC)NN)C1. The maximum absolute atomic E-state index is 5.73. The van der Waals surface area contributed by atoms with Gasteiger partial charge in [-0.2, -0.15) is 0 Å². The molecule has 3 N–H and O–H groups in total. The van der Waals surface area contributed by atoms with Crippen molar-refractivity contribution < 1.29 is 4.74 Å². The van der Waals surface area contributed by atoms with E-state index >= 15 is 0 Å². The zero-order valence-corrected chi connectivity index (χ0v) is 11.7. The van der Waals surface area contributed by atoms with E-state index in [0.29, 0.717) is 12.1 Å². The summed E-state index contributed by atoms with van der Waals surface area (Å²) in [4.78, 5) is 0. The molecule has 3 heteroatoms. The summed E-state index contributed by atoms with van der Waals surface area (Å²) in [6.45, 7) is 4.44. The first kappa shape index (κ1) is 14.9. The summed E-state index contributed by atoms with van der Waals surface area (Å²) >= 11 is 0. The largest absolute Gasteiger partial charge is 0.382 e. The minimum absolute atomic E-state index is 0.344. The molecule has 0 radical (unpaired) electrons. The van der Waals surface area contributed by atoms with Gasteiger partial charge in [0.2, 0.25) is 0 Å². The van der Waals surface area contributed by atoms with Crippen LogP contribution in [0.25, 0.3) is 0 Å².